The van der Waals surface area contributed by atoms with Crippen LogP contribution in [-0.2, 0) is 0 Å². The summed E-state index contributed by atoms with van der Waals surface area (Å²) in [5.74, 6) is -0.138. The van der Waals surface area contributed by atoms with E-state index in [2.05, 4.69) is 19.2 Å². The number of nitrogens with zero attached hydrogens (tertiary/aromatic N) is 1. The summed E-state index contributed by atoms with van der Waals surface area (Å²) in [5, 5.41) is 3.40. The summed E-state index contributed by atoms with van der Waals surface area (Å²) in [4.78, 5) is 1.99. The van der Waals surface area contributed by atoms with E-state index in [1.54, 1.807) is 6.07 Å². The molecule has 0 bridgehead atoms. The monoisotopic (exact) mass is 252 g/mol. The van der Waals surface area contributed by atoms with Gasteiger partial charge in [-0.1, -0.05) is 25.5 Å². The van der Waals surface area contributed by atoms with E-state index in [1.165, 1.54) is 18.9 Å². The Kier molecular flexibility index (Phi) is 6.73. The molecular formula is C15H25FN2. The van der Waals surface area contributed by atoms with Crippen molar-refractivity contribution in [3.63, 3.8) is 0 Å². The fraction of sp³-hybridized carbons (Fsp3) is 0.600. The van der Waals surface area contributed by atoms with E-state index in [-0.39, 0.29) is 5.82 Å². The van der Waals surface area contributed by atoms with Crippen molar-refractivity contribution in [1.82, 2.24) is 5.32 Å². The number of nitrogens with one attached hydrogen (secondary N) is 1. The quantitative estimate of drug-likeness (QED) is 0.713. The largest absolute Gasteiger partial charge is 0.372 e. The minimum absolute atomic E-state index is 0.138. The third-order valence-corrected chi connectivity index (χ3v) is 3.20. The molecule has 0 fully saturated rings. The third kappa shape index (κ3) is 5.05. The molecule has 1 atom stereocenters. The van der Waals surface area contributed by atoms with E-state index in [9.17, 15) is 4.39 Å². The molecule has 0 aliphatic heterocycles. The number of benzene rings is 1. The van der Waals surface area contributed by atoms with E-state index in [0.29, 0.717) is 11.7 Å². The summed E-state index contributed by atoms with van der Waals surface area (Å²) in [5.41, 5.74) is 0.692. The van der Waals surface area contributed by atoms with Crippen molar-refractivity contribution >= 4 is 5.69 Å². The van der Waals surface area contributed by atoms with Gasteiger partial charge in [-0.2, -0.15) is 0 Å². The summed E-state index contributed by atoms with van der Waals surface area (Å²) >= 11 is 0. The lowest BCUT2D eigenvalue weighted by atomic mass is 10.1. The van der Waals surface area contributed by atoms with Crippen molar-refractivity contribution in [2.75, 3.05) is 25.0 Å². The van der Waals surface area contributed by atoms with E-state index < -0.39 is 0 Å². The predicted molar refractivity (Wildman–Crippen MR) is 76.7 cm³/mol. The van der Waals surface area contributed by atoms with Gasteiger partial charge in [-0.15, -0.1) is 0 Å². The van der Waals surface area contributed by atoms with Gasteiger partial charge in [-0.25, -0.2) is 4.39 Å². The van der Waals surface area contributed by atoms with Crippen LogP contribution < -0.4 is 10.2 Å². The van der Waals surface area contributed by atoms with Crippen molar-refractivity contribution in [2.24, 2.45) is 0 Å². The Labute approximate surface area is 110 Å². The molecule has 1 aromatic carbocycles. The fourth-order valence-corrected chi connectivity index (χ4v) is 2.13. The van der Waals surface area contributed by atoms with Crippen LogP contribution in [0.2, 0.25) is 0 Å². The Morgan fingerprint density at radius 2 is 2.00 bits per heavy atom. The van der Waals surface area contributed by atoms with Crippen LogP contribution >= 0.6 is 0 Å². The summed E-state index contributed by atoms with van der Waals surface area (Å²) < 4.78 is 13.5. The molecule has 0 radical (unpaired) electrons. The molecule has 2 nitrogen and oxygen atoms in total. The second-order valence-corrected chi connectivity index (χ2v) is 4.83. The van der Waals surface area contributed by atoms with Crippen LogP contribution in [-0.4, -0.2) is 26.2 Å². The van der Waals surface area contributed by atoms with Gasteiger partial charge in [0.05, 0.1) is 5.69 Å². The molecule has 0 amide bonds. The van der Waals surface area contributed by atoms with Gasteiger partial charge in [0.15, 0.2) is 0 Å². The Bertz CT molecular complexity index is 341. The first-order valence-electron chi connectivity index (χ1n) is 6.84. The van der Waals surface area contributed by atoms with Gasteiger partial charge >= 0.3 is 0 Å². The first-order valence-corrected chi connectivity index (χ1v) is 6.84. The molecule has 1 N–H and O–H groups in total. The summed E-state index contributed by atoms with van der Waals surface area (Å²) in [6.45, 7) is 6.27. The number of rotatable bonds is 8. The van der Waals surface area contributed by atoms with Gasteiger partial charge in [0.2, 0.25) is 0 Å². The number of anilines is 1. The van der Waals surface area contributed by atoms with Crippen molar-refractivity contribution in [3.8, 4) is 0 Å². The number of hydrogen-bond donors (Lipinski definition) is 1. The van der Waals surface area contributed by atoms with Crippen molar-refractivity contribution < 1.29 is 4.39 Å². The van der Waals surface area contributed by atoms with Crippen LogP contribution in [0.15, 0.2) is 24.3 Å². The Hall–Kier alpha value is -1.09. The highest BCUT2D eigenvalue weighted by atomic mass is 19.1. The van der Waals surface area contributed by atoms with Crippen molar-refractivity contribution in [1.29, 1.82) is 0 Å². The highest BCUT2D eigenvalue weighted by Crippen LogP contribution is 2.17. The highest BCUT2D eigenvalue weighted by molar-refractivity contribution is 5.46. The van der Waals surface area contributed by atoms with Gasteiger partial charge in [0.25, 0.3) is 0 Å². The molecule has 0 aromatic heterocycles. The van der Waals surface area contributed by atoms with E-state index >= 15 is 0 Å². The molecule has 1 unspecified atom stereocenters. The Balaban J connectivity index is 2.25. The van der Waals surface area contributed by atoms with Gasteiger partial charge in [-0.05, 0) is 38.4 Å². The van der Waals surface area contributed by atoms with E-state index in [1.807, 2.05) is 24.1 Å². The SMILES string of the molecule is CCNC(C)CCCCN(C)c1ccccc1F. The third-order valence-electron chi connectivity index (χ3n) is 3.20. The zero-order valence-corrected chi connectivity index (χ0v) is 11.7. The maximum absolute atomic E-state index is 13.5. The number of unbranched alkanes of at least 4 members (excludes halogenated alkanes) is 1. The normalized spacial score (nSPS) is 12.4. The molecule has 0 spiro atoms. The lowest BCUT2D eigenvalue weighted by molar-refractivity contribution is 0.502. The first-order chi connectivity index (χ1) is 8.65. The minimum atomic E-state index is -0.138. The van der Waals surface area contributed by atoms with Crippen molar-refractivity contribution in [2.45, 2.75) is 39.2 Å². The molecule has 3 heteroatoms. The molecule has 0 saturated heterocycles. The second-order valence-electron chi connectivity index (χ2n) is 4.83. The summed E-state index contributed by atoms with van der Waals surface area (Å²) in [7, 11) is 1.95. The zero-order valence-electron chi connectivity index (χ0n) is 11.7. The van der Waals surface area contributed by atoms with Crippen LogP contribution in [0.5, 0.6) is 0 Å². The molecule has 0 saturated carbocycles. The molecule has 1 rings (SSSR count). The summed E-state index contributed by atoms with van der Waals surface area (Å²) in [6.07, 6.45) is 3.45. The number of halogens is 1. The highest BCUT2D eigenvalue weighted by Gasteiger charge is 2.06. The van der Waals surface area contributed by atoms with Crippen LogP contribution in [0.4, 0.5) is 10.1 Å². The fourth-order valence-electron chi connectivity index (χ4n) is 2.13. The van der Waals surface area contributed by atoms with Crippen LogP contribution in [0.1, 0.15) is 33.1 Å². The molecule has 1 aromatic rings. The molecule has 0 heterocycles. The van der Waals surface area contributed by atoms with Gasteiger partial charge in [0.1, 0.15) is 5.82 Å². The minimum Gasteiger partial charge on any atom is -0.372 e. The lowest BCUT2D eigenvalue weighted by Crippen LogP contribution is -2.26. The van der Waals surface area contributed by atoms with Gasteiger partial charge in [0, 0.05) is 19.6 Å². The predicted octanol–water partition coefficient (Wildman–Crippen LogP) is 3.43. The molecular weight excluding hydrogens is 227 g/mol. The number of para-hydroxylation sites is 1. The van der Waals surface area contributed by atoms with Gasteiger partial charge < -0.3 is 10.2 Å². The average molecular weight is 252 g/mol. The first kappa shape index (κ1) is 15.0. The van der Waals surface area contributed by atoms with Crippen LogP contribution in [0.25, 0.3) is 0 Å². The molecule has 0 aliphatic rings. The van der Waals surface area contributed by atoms with Crippen LogP contribution in [0.3, 0.4) is 0 Å². The Morgan fingerprint density at radius 1 is 1.28 bits per heavy atom. The van der Waals surface area contributed by atoms with E-state index in [0.717, 1.165) is 19.5 Å². The molecule has 0 aliphatic carbocycles. The maximum atomic E-state index is 13.5. The molecule has 102 valence electrons. The van der Waals surface area contributed by atoms with Crippen LogP contribution in [0, 0.1) is 5.82 Å². The van der Waals surface area contributed by atoms with Crippen molar-refractivity contribution in [3.05, 3.63) is 30.1 Å². The zero-order chi connectivity index (χ0) is 13.4. The maximum Gasteiger partial charge on any atom is 0.146 e. The van der Waals surface area contributed by atoms with Gasteiger partial charge in [-0.3, -0.25) is 0 Å². The number of hydrogen-bond acceptors (Lipinski definition) is 2. The Morgan fingerprint density at radius 3 is 2.67 bits per heavy atom. The van der Waals surface area contributed by atoms with E-state index in [4.69, 9.17) is 0 Å². The second kappa shape index (κ2) is 8.09. The average Bonchev–Trinajstić information content (AvgIpc) is 2.35. The lowest BCUT2D eigenvalue weighted by Gasteiger charge is -2.20. The smallest absolute Gasteiger partial charge is 0.146 e. The standard InChI is InChI=1S/C15H25FN2/c1-4-17-13(2)9-7-8-12-18(3)15-11-6-5-10-14(15)16/h5-6,10-11,13,17H,4,7-9,12H2,1-3H3. The molecule has 18 heavy (non-hydrogen) atoms. The summed E-state index contributed by atoms with van der Waals surface area (Å²) in [6, 6.07) is 7.52. The topological polar surface area (TPSA) is 15.3 Å².